The van der Waals surface area contributed by atoms with Gasteiger partial charge in [-0.1, -0.05) is 45.4 Å². The normalized spacial score (nSPS) is 19.9. The van der Waals surface area contributed by atoms with E-state index in [4.69, 9.17) is 9.84 Å². The van der Waals surface area contributed by atoms with Gasteiger partial charge in [-0.25, -0.2) is 0 Å². The van der Waals surface area contributed by atoms with Crippen molar-refractivity contribution in [1.82, 2.24) is 0 Å². The van der Waals surface area contributed by atoms with E-state index in [1.807, 2.05) is 0 Å². The third kappa shape index (κ3) is 7.61. The molecule has 1 fully saturated rings. The van der Waals surface area contributed by atoms with Crippen LogP contribution in [0.5, 0.6) is 0 Å². The predicted molar refractivity (Wildman–Crippen MR) is 82.8 cm³/mol. The van der Waals surface area contributed by atoms with Crippen LogP contribution in [-0.4, -0.2) is 35.6 Å². The lowest BCUT2D eigenvalue weighted by Gasteiger charge is -2.29. The van der Waals surface area contributed by atoms with E-state index in [0.717, 1.165) is 45.1 Å². The fraction of sp³-hybridized carbons (Fsp3) is 1.00. The Balaban J connectivity index is 2.33. The molecule has 20 heavy (non-hydrogen) atoms. The van der Waals surface area contributed by atoms with Gasteiger partial charge in [-0.05, 0) is 38.0 Å². The molecule has 1 aliphatic carbocycles. The quantitative estimate of drug-likeness (QED) is 0.570. The van der Waals surface area contributed by atoms with Crippen molar-refractivity contribution in [3.63, 3.8) is 0 Å². The fourth-order valence-corrected chi connectivity index (χ4v) is 3.14. The molecule has 0 saturated heterocycles. The summed E-state index contributed by atoms with van der Waals surface area (Å²) in [4.78, 5) is 0. The molecule has 0 aromatic rings. The molecule has 1 unspecified atom stereocenters. The van der Waals surface area contributed by atoms with Gasteiger partial charge >= 0.3 is 0 Å². The van der Waals surface area contributed by atoms with Crippen LogP contribution < -0.4 is 0 Å². The minimum absolute atomic E-state index is 0.0324. The van der Waals surface area contributed by atoms with Crippen molar-refractivity contribution in [1.29, 1.82) is 0 Å². The SMILES string of the molecule is CCCCOC(CCCCO)[C@@H](O)CC1CCCCC1. The Morgan fingerprint density at radius 2 is 1.85 bits per heavy atom. The van der Waals surface area contributed by atoms with Gasteiger partial charge in [0.15, 0.2) is 0 Å². The fourth-order valence-electron chi connectivity index (χ4n) is 3.14. The van der Waals surface area contributed by atoms with Crippen molar-refractivity contribution in [2.24, 2.45) is 5.92 Å². The van der Waals surface area contributed by atoms with E-state index in [9.17, 15) is 5.11 Å². The molecule has 0 spiro atoms. The molecule has 3 nitrogen and oxygen atoms in total. The third-order valence-corrected chi connectivity index (χ3v) is 4.46. The van der Waals surface area contributed by atoms with E-state index >= 15 is 0 Å². The summed E-state index contributed by atoms with van der Waals surface area (Å²) in [6.07, 6.45) is 11.9. The van der Waals surface area contributed by atoms with E-state index in [0.29, 0.717) is 5.92 Å². The monoisotopic (exact) mass is 286 g/mol. The van der Waals surface area contributed by atoms with Crippen molar-refractivity contribution < 1.29 is 14.9 Å². The van der Waals surface area contributed by atoms with Gasteiger partial charge in [0.2, 0.25) is 0 Å². The zero-order valence-electron chi connectivity index (χ0n) is 13.2. The second-order valence-electron chi connectivity index (χ2n) is 6.29. The minimum Gasteiger partial charge on any atom is -0.396 e. The average molecular weight is 286 g/mol. The van der Waals surface area contributed by atoms with Crippen LogP contribution in [0.1, 0.15) is 77.6 Å². The molecule has 1 rings (SSSR count). The number of rotatable bonds is 11. The highest BCUT2D eigenvalue weighted by atomic mass is 16.5. The first-order valence-corrected chi connectivity index (χ1v) is 8.68. The van der Waals surface area contributed by atoms with E-state index < -0.39 is 0 Å². The molecule has 3 heteroatoms. The Morgan fingerprint density at radius 1 is 1.10 bits per heavy atom. The maximum atomic E-state index is 10.5. The highest BCUT2D eigenvalue weighted by Gasteiger charge is 2.24. The minimum atomic E-state index is -0.325. The first-order valence-electron chi connectivity index (χ1n) is 8.68. The lowest BCUT2D eigenvalue weighted by Crippen LogP contribution is -2.32. The highest BCUT2D eigenvalue weighted by Crippen LogP contribution is 2.29. The summed E-state index contributed by atoms with van der Waals surface area (Å²) in [5.41, 5.74) is 0. The summed E-state index contributed by atoms with van der Waals surface area (Å²) in [5, 5.41) is 19.4. The van der Waals surface area contributed by atoms with Crippen molar-refractivity contribution in [2.75, 3.05) is 13.2 Å². The van der Waals surface area contributed by atoms with E-state index in [-0.39, 0.29) is 18.8 Å². The summed E-state index contributed by atoms with van der Waals surface area (Å²) in [6.45, 7) is 3.14. The predicted octanol–water partition coefficient (Wildman–Crippen LogP) is 3.67. The van der Waals surface area contributed by atoms with Crippen LogP contribution in [0.25, 0.3) is 0 Å². The summed E-state index contributed by atoms with van der Waals surface area (Å²) >= 11 is 0. The van der Waals surface area contributed by atoms with E-state index in [2.05, 4.69) is 6.92 Å². The molecule has 2 atom stereocenters. The van der Waals surface area contributed by atoms with Gasteiger partial charge in [-0.3, -0.25) is 0 Å². The van der Waals surface area contributed by atoms with Gasteiger partial charge in [-0.2, -0.15) is 0 Å². The van der Waals surface area contributed by atoms with Gasteiger partial charge in [0.05, 0.1) is 12.2 Å². The summed E-state index contributed by atoms with van der Waals surface area (Å²) in [5.74, 6) is 0.689. The summed E-state index contributed by atoms with van der Waals surface area (Å²) in [7, 11) is 0. The second-order valence-corrected chi connectivity index (χ2v) is 6.29. The molecule has 0 amide bonds. The third-order valence-electron chi connectivity index (χ3n) is 4.46. The number of hydrogen-bond donors (Lipinski definition) is 2. The first kappa shape index (κ1) is 17.9. The molecule has 0 heterocycles. The van der Waals surface area contributed by atoms with Crippen LogP contribution in [0, 0.1) is 5.92 Å². The Bertz CT molecular complexity index is 204. The second kappa shape index (κ2) is 11.5. The Hall–Kier alpha value is -0.120. The summed E-state index contributed by atoms with van der Waals surface area (Å²) < 4.78 is 5.90. The maximum Gasteiger partial charge on any atom is 0.0834 e. The summed E-state index contributed by atoms with van der Waals surface area (Å²) in [6, 6.07) is 0. The number of unbranched alkanes of at least 4 members (excludes halogenated alkanes) is 2. The van der Waals surface area contributed by atoms with Crippen LogP contribution in [0.4, 0.5) is 0 Å². The topological polar surface area (TPSA) is 49.7 Å². The zero-order chi connectivity index (χ0) is 14.6. The van der Waals surface area contributed by atoms with Crippen LogP contribution >= 0.6 is 0 Å². The molecule has 1 saturated carbocycles. The Labute approximate surface area is 124 Å². The smallest absolute Gasteiger partial charge is 0.0834 e. The van der Waals surface area contributed by atoms with Crippen LogP contribution in [-0.2, 0) is 4.74 Å². The molecule has 0 bridgehead atoms. The molecule has 120 valence electrons. The lowest BCUT2D eigenvalue weighted by atomic mass is 9.84. The lowest BCUT2D eigenvalue weighted by molar-refractivity contribution is -0.0539. The molecule has 2 N–H and O–H groups in total. The van der Waals surface area contributed by atoms with Crippen LogP contribution in [0.2, 0.25) is 0 Å². The molecular weight excluding hydrogens is 252 g/mol. The average Bonchev–Trinajstić information content (AvgIpc) is 2.47. The highest BCUT2D eigenvalue weighted by molar-refractivity contribution is 4.76. The van der Waals surface area contributed by atoms with Gasteiger partial charge in [0.25, 0.3) is 0 Å². The maximum absolute atomic E-state index is 10.5. The molecule has 0 radical (unpaired) electrons. The van der Waals surface area contributed by atoms with Gasteiger partial charge in [0.1, 0.15) is 0 Å². The molecule has 1 aliphatic rings. The van der Waals surface area contributed by atoms with Crippen molar-refractivity contribution in [3.05, 3.63) is 0 Å². The van der Waals surface area contributed by atoms with Crippen molar-refractivity contribution in [3.8, 4) is 0 Å². The van der Waals surface area contributed by atoms with E-state index in [1.54, 1.807) is 0 Å². The molecule has 0 aromatic heterocycles. The van der Waals surface area contributed by atoms with Crippen molar-refractivity contribution >= 4 is 0 Å². The van der Waals surface area contributed by atoms with Crippen LogP contribution in [0.15, 0.2) is 0 Å². The van der Waals surface area contributed by atoms with E-state index in [1.165, 1.54) is 32.1 Å². The van der Waals surface area contributed by atoms with Gasteiger partial charge < -0.3 is 14.9 Å². The standard InChI is InChI=1S/C17H34O3/c1-2-3-13-20-17(11-7-8-12-18)16(19)14-15-9-5-4-6-10-15/h15-19H,2-14H2,1H3/t16-,17?/m0/s1. The van der Waals surface area contributed by atoms with Crippen LogP contribution in [0.3, 0.4) is 0 Å². The molecule has 0 aliphatic heterocycles. The Morgan fingerprint density at radius 3 is 2.50 bits per heavy atom. The number of aliphatic hydroxyl groups excluding tert-OH is 2. The number of hydrogen-bond acceptors (Lipinski definition) is 3. The molecular formula is C17H34O3. The molecule has 0 aromatic carbocycles. The first-order chi connectivity index (χ1) is 9.77. The van der Waals surface area contributed by atoms with Crippen molar-refractivity contribution in [2.45, 2.75) is 89.8 Å². The van der Waals surface area contributed by atoms with Gasteiger partial charge in [-0.15, -0.1) is 0 Å². The zero-order valence-corrected chi connectivity index (χ0v) is 13.2. The Kier molecular flexibility index (Phi) is 10.3. The van der Waals surface area contributed by atoms with Gasteiger partial charge in [0, 0.05) is 13.2 Å². The number of aliphatic hydroxyl groups is 2. The largest absolute Gasteiger partial charge is 0.396 e. The number of ether oxygens (including phenoxy) is 1.